The Balaban J connectivity index is 2.72. The third kappa shape index (κ3) is 1.50. The number of fused-ring (bicyclic) bond motifs is 1. The van der Waals surface area contributed by atoms with Crippen molar-refractivity contribution in [1.82, 2.24) is 4.98 Å². The predicted octanol–water partition coefficient (Wildman–Crippen LogP) is 2.08. The number of rotatable bonds is 2. The van der Waals surface area contributed by atoms with Crippen LogP contribution in [-0.2, 0) is 0 Å². The molecule has 6 nitrogen and oxygen atoms in total. The standard InChI is InChI=1S/C10H8N2O4/c1-5-2-7(12(15)16)3-6-4-8(10(13)14)11-9(5)6/h2-4,11H,1H3,(H,13,14). The van der Waals surface area contributed by atoms with E-state index in [1.54, 1.807) is 6.92 Å². The van der Waals surface area contributed by atoms with E-state index < -0.39 is 10.9 Å². The molecule has 0 radical (unpaired) electrons. The summed E-state index contributed by atoms with van der Waals surface area (Å²) >= 11 is 0. The lowest BCUT2D eigenvalue weighted by atomic mass is 10.1. The molecule has 0 aliphatic rings. The minimum absolute atomic E-state index is 0.0265. The van der Waals surface area contributed by atoms with Gasteiger partial charge in [0.25, 0.3) is 5.69 Å². The molecule has 1 aromatic carbocycles. The van der Waals surface area contributed by atoms with Gasteiger partial charge in [0, 0.05) is 23.0 Å². The topological polar surface area (TPSA) is 96.2 Å². The third-order valence-corrected chi connectivity index (χ3v) is 2.35. The Morgan fingerprint density at radius 1 is 1.44 bits per heavy atom. The maximum absolute atomic E-state index is 10.7. The second kappa shape index (κ2) is 3.34. The molecule has 82 valence electrons. The SMILES string of the molecule is Cc1cc([N+](=O)[O-])cc2cc(C(=O)O)[nH]c12. The number of carboxylic acids is 1. The zero-order valence-electron chi connectivity index (χ0n) is 8.35. The molecule has 2 aromatic rings. The fourth-order valence-corrected chi connectivity index (χ4v) is 1.63. The smallest absolute Gasteiger partial charge is 0.352 e. The van der Waals surface area contributed by atoms with E-state index in [0.29, 0.717) is 16.5 Å². The van der Waals surface area contributed by atoms with Crippen molar-refractivity contribution in [3.8, 4) is 0 Å². The van der Waals surface area contributed by atoms with E-state index >= 15 is 0 Å². The van der Waals surface area contributed by atoms with Gasteiger partial charge in [-0.3, -0.25) is 10.1 Å². The van der Waals surface area contributed by atoms with Crippen LogP contribution >= 0.6 is 0 Å². The highest BCUT2D eigenvalue weighted by Gasteiger charge is 2.13. The number of non-ortho nitro benzene ring substituents is 1. The first-order valence-corrected chi connectivity index (χ1v) is 4.50. The number of nitro groups is 1. The van der Waals surface area contributed by atoms with Crippen LogP contribution in [0.5, 0.6) is 0 Å². The van der Waals surface area contributed by atoms with E-state index in [4.69, 9.17) is 5.11 Å². The number of nitro benzene ring substituents is 1. The first-order chi connectivity index (χ1) is 7.49. The summed E-state index contributed by atoms with van der Waals surface area (Å²) in [5.41, 5.74) is 1.25. The molecule has 1 aromatic heterocycles. The first-order valence-electron chi connectivity index (χ1n) is 4.50. The normalized spacial score (nSPS) is 10.6. The van der Waals surface area contributed by atoms with E-state index in [2.05, 4.69) is 4.98 Å². The molecule has 16 heavy (non-hydrogen) atoms. The van der Waals surface area contributed by atoms with Crippen LogP contribution in [0, 0.1) is 17.0 Å². The predicted molar refractivity (Wildman–Crippen MR) is 56.6 cm³/mol. The van der Waals surface area contributed by atoms with Gasteiger partial charge >= 0.3 is 5.97 Å². The summed E-state index contributed by atoms with van der Waals surface area (Å²) in [5, 5.41) is 19.9. The minimum atomic E-state index is -1.08. The largest absolute Gasteiger partial charge is 0.477 e. The van der Waals surface area contributed by atoms with Crippen LogP contribution in [0.3, 0.4) is 0 Å². The zero-order chi connectivity index (χ0) is 11.9. The molecule has 2 rings (SSSR count). The van der Waals surface area contributed by atoms with E-state index in [1.807, 2.05) is 0 Å². The fraction of sp³-hybridized carbons (Fsp3) is 0.100. The van der Waals surface area contributed by atoms with Gasteiger partial charge in [0.05, 0.1) is 4.92 Å². The molecular weight excluding hydrogens is 212 g/mol. The number of carboxylic acid groups (broad SMARTS) is 1. The fourth-order valence-electron chi connectivity index (χ4n) is 1.63. The average Bonchev–Trinajstić information content (AvgIpc) is 2.61. The van der Waals surface area contributed by atoms with Crippen LogP contribution < -0.4 is 0 Å². The van der Waals surface area contributed by atoms with E-state index in [0.717, 1.165) is 0 Å². The summed E-state index contributed by atoms with van der Waals surface area (Å²) < 4.78 is 0. The Morgan fingerprint density at radius 2 is 2.12 bits per heavy atom. The van der Waals surface area contributed by atoms with E-state index in [1.165, 1.54) is 18.2 Å². The minimum Gasteiger partial charge on any atom is -0.477 e. The molecule has 0 saturated heterocycles. The van der Waals surface area contributed by atoms with E-state index in [9.17, 15) is 14.9 Å². The lowest BCUT2D eigenvalue weighted by molar-refractivity contribution is -0.384. The second-order valence-corrected chi connectivity index (χ2v) is 3.47. The van der Waals surface area contributed by atoms with Gasteiger partial charge in [0.1, 0.15) is 5.69 Å². The number of benzene rings is 1. The first kappa shape index (κ1) is 10.2. The molecule has 1 heterocycles. The van der Waals surface area contributed by atoms with Crippen molar-refractivity contribution in [3.05, 3.63) is 39.6 Å². The van der Waals surface area contributed by atoms with Gasteiger partial charge in [-0.25, -0.2) is 4.79 Å². The highest BCUT2D eigenvalue weighted by molar-refractivity contribution is 5.95. The number of nitrogens with one attached hydrogen (secondary N) is 1. The number of nitrogens with zero attached hydrogens (tertiary/aromatic N) is 1. The van der Waals surface area contributed by atoms with Crippen molar-refractivity contribution in [2.75, 3.05) is 0 Å². The van der Waals surface area contributed by atoms with Crippen molar-refractivity contribution in [2.24, 2.45) is 0 Å². The zero-order valence-corrected chi connectivity index (χ0v) is 8.35. The summed E-state index contributed by atoms with van der Waals surface area (Å²) in [6.07, 6.45) is 0. The Bertz CT molecular complexity index is 600. The van der Waals surface area contributed by atoms with Crippen LogP contribution in [0.2, 0.25) is 0 Å². The molecule has 0 atom stereocenters. The molecule has 0 aliphatic carbocycles. The average molecular weight is 220 g/mol. The highest BCUT2D eigenvalue weighted by Crippen LogP contribution is 2.25. The Morgan fingerprint density at radius 3 is 2.69 bits per heavy atom. The van der Waals surface area contributed by atoms with Crippen LogP contribution in [0.15, 0.2) is 18.2 Å². The molecule has 0 fully saturated rings. The summed E-state index contributed by atoms with van der Waals surface area (Å²) in [7, 11) is 0. The van der Waals surface area contributed by atoms with Gasteiger partial charge in [-0.1, -0.05) is 0 Å². The summed E-state index contributed by atoms with van der Waals surface area (Å²) in [4.78, 5) is 23.6. The number of hydrogen-bond donors (Lipinski definition) is 2. The Labute approximate surface area is 89.7 Å². The Kier molecular flexibility index (Phi) is 2.12. The van der Waals surface area contributed by atoms with Crippen molar-refractivity contribution >= 4 is 22.6 Å². The van der Waals surface area contributed by atoms with Gasteiger partial charge in [-0.15, -0.1) is 0 Å². The van der Waals surface area contributed by atoms with Crippen molar-refractivity contribution in [1.29, 1.82) is 0 Å². The van der Waals surface area contributed by atoms with Crippen LogP contribution in [0.4, 0.5) is 5.69 Å². The van der Waals surface area contributed by atoms with Crippen LogP contribution in [0.25, 0.3) is 10.9 Å². The number of H-pyrrole nitrogens is 1. The van der Waals surface area contributed by atoms with Gasteiger partial charge in [0.15, 0.2) is 0 Å². The third-order valence-electron chi connectivity index (χ3n) is 2.35. The number of carbonyl (C=O) groups is 1. The lowest BCUT2D eigenvalue weighted by Crippen LogP contribution is -1.95. The number of aryl methyl sites for hydroxylation is 1. The van der Waals surface area contributed by atoms with E-state index in [-0.39, 0.29) is 11.4 Å². The van der Waals surface area contributed by atoms with Crippen molar-refractivity contribution in [3.63, 3.8) is 0 Å². The number of aromatic amines is 1. The quantitative estimate of drug-likeness (QED) is 0.598. The van der Waals surface area contributed by atoms with Gasteiger partial charge in [-0.2, -0.15) is 0 Å². The summed E-state index contributed by atoms with van der Waals surface area (Å²) in [6.45, 7) is 1.69. The van der Waals surface area contributed by atoms with Crippen molar-refractivity contribution < 1.29 is 14.8 Å². The summed E-state index contributed by atoms with van der Waals surface area (Å²) in [5.74, 6) is -1.08. The molecule has 0 unspecified atom stereocenters. The highest BCUT2D eigenvalue weighted by atomic mass is 16.6. The number of aromatic nitrogens is 1. The van der Waals surface area contributed by atoms with Crippen LogP contribution in [-0.4, -0.2) is 21.0 Å². The molecule has 6 heteroatoms. The summed E-state index contributed by atoms with van der Waals surface area (Å²) in [6, 6.07) is 4.15. The van der Waals surface area contributed by atoms with Gasteiger partial charge in [-0.05, 0) is 18.6 Å². The molecule has 2 N–H and O–H groups in total. The maximum atomic E-state index is 10.7. The lowest BCUT2D eigenvalue weighted by Gasteiger charge is -1.96. The Hall–Kier alpha value is -2.37. The van der Waals surface area contributed by atoms with Gasteiger partial charge in [0.2, 0.25) is 0 Å². The number of hydrogen-bond acceptors (Lipinski definition) is 3. The maximum Gasteiger partial charge on any atom is 0.352 e. The van der Waals surface area contributed by atoms with Crippen LogP contribution in [0.1, 0.15) is 16.1 Å². The number of aromatic carboxylic acids is 1. The molecule has 0 saturated carbocycles. The molecule has 0 spiro atoms. The van der Waals surface area contributed by atoms with Crippen molar-refractivity contribution in [2.45, 2.75) is 6.92 Å². The monoisotopic (exact) mass is 220 g/mol. The molecule has 0 amide bonds. The molecule has 0 bridgehead atoms. The molecular formula is C10H8N2O4. The van der Waals surface area contributed by atoms with Gasteiger partial charge < -0.3 is 10.1 Å². The second-order valence-electron chi connectivity index (χ2n) is 3.47. The molecule has 0 aliphatic heterocycles.